The number of hydrogen-bond donors (Lipinski definition) is 1. The van der Waals surface area contributed by atoms with Crippen LogP contribution in [0.2, 0.25) is 0 Å². The molecule has 3 nitrogen and oxygen atoms in total. The summed E-state index contributed by atoms with van der Waals surface area (Å²) in [6.45, 7) is 6.36. The fraction of sp³-hybridized carbons (Fsp3) is 1.00. The maximum absolute atomic E-state index is 6.50. The minimum Gasteiger partial charge on any atom is -0.377 e. The fourth-order valence-corrected chi connectivity index (χ4v) is 3.08. The van der Waals surface area contributed by atoms with E-state index in [1.54, 1.807) is 0 Å². The average molecular weight is 226 g/mol. The van der Waals surface area contributed by atoms with Crippen LogP contribution in [0.5, 0.6) is 0 Å². The van der Waals surface area contributed by atoms with Crippen molar-refractivity contribution in [3.63, 3.8) is 0 Å². The van der Waals surface area contributed by atoms with Gasteiger partial charge in [0, 0.05) is 31.8 Å². The second kappa shape index (κ2) is 5.48. The molecule has 2 aliphatic rings. The van der Waals surface area contributed by atoms with Gasteiger partial charge in [0.2, 0.25) is 0 Å². The normalized spacial score (nSPS) is 32.2. The van der Waals surface area contributed by atoms with Gasteiger partial charge in [0.25, 0.3) is 0 Å². The lowest BCUT2D eigenvalue weighted by Gasteiger charge is -2.38. The Balaban J connectivity index is 1.86. The molecular weight excluding hydrogens is 200 g/mol. The van der Waals surface area contributed by atoms with Crippen molar-refractivity contribution in [1.29, 1.82) is 0 Å². The van der Waals surface area contributed by atoms with E-state index in [0.29, 0.717) is 6.10 Å². The van der Waals surface area contributed by atoms with Crippen LogP contribution in [-0.4, -0.2) is 42.8 Å². The fourth-order valence-electron chi connectivity index (χ4n) is 3.08. The van der Waals surface area contributed by atoms with Gasteiger partial charge in [-0.3, -0.25) is 4.90 Å². The number of rotatable bonds is 2. The summed E-state index contributed by atoms with van der Waals surface area (Å²) >= 11 is 0. The quantitative estimate of drug-likeness (QED) is 0.780. The van der Waals surface area contributed by atoms with Crippen molar-refractivity contribution in [2.75, 3.05) is 26.2 Å². The van der Waals surface area contributed by atoms with Crippen LogP contribution in [0.1, 0.15) is 45.4 Å². The summed E-state index contributed by atoms with van der Waals surface area (Å²) < 4.78 is 5.67. The van der Waals surface area contributed by atoms with Crippen LogP contribution in [0.3, 0.4) is 0 Å². The molecule has 1 aliphatic heterocycles. The van der Waals surface area contributed by atoms with Crippen LogP contribution in [-0.2, 0) is 4.74 Å². The van der Waals surface area contributed by atoms with Crippen molar-refractivity contribution < 1.29 is 4.74 Å². The molecule has 2 rings (SSSR count). The Bertz CT molecular complexity index is 214. The largest absolute Gasteiger partial charge is 0.377 e. The van der Waals surface area contributed by atoms with Crippen LogP contribution >= 0.6 is 0 Å². The minimum atomic E-state index is 0.0856. The Labute approximate surface area is 99.3 Å². The average Bonchev–Trinajstić information content (AvgIpc) is 2.43. The van der Waals surface area contributed by atoms with Gasteiger partial charge in [-0.2, -0.15) is 0 Å². The predicted molar refractivity (Wildman–Crippen MR) is 66.5 cm³/mol. The molecule has 0 amide bonds. The Kier molecular flexibility index (Phi) is 4.22. The molecule has 16 heavy (non-hydrogen) atoms. The molecule has 1 atom stereocenters. The van der Waals surface area contributed by atoms with Crippen molar-refractivity contribution in [3.05, 3.63) is 0 Å². The maximum Gasteiger partial charge on any atom is 0.0673 e. The monoisotopic (exact) mass is 226 g/mol. The van der Waals surface area contributed by atoms with Crippen LogP contribution in [0.4, 0.5) is 0 Å². The third-order valence-electron chi connectivity index (χ3n) is 3.92. The first-order valence-corrected chi connectivity index (χ1v) is 6.81. The van der Waals surface area contributed by atoms with Gasteiger partial charge in [-0.1, -0.05) is 19.3 Å². The van der Waals surface area contributed by atoms with E-state index in [1.807, 2.05) is 0 Å². The van der Waals surface area contributed by atoms with Gasteiger partial charge in [0.1, 0.15) is 0 Å². The maximum atomic E-state index is 6.50. The highest BCUT2D eigenvalue weighted by molar-refractivity contribution is 4.90. The molecular formula is C13H26N2O. The molecule has 0 spiro atoms. The first-order chi connectivity index (χ1) is 7.68. The van der Waals surface area contributed by atoms with Gasteiger partial charge in [-0.15, -0.1) is 0 Å². The highest BCUT2D eigenvalue weighted by atomic mass is 16.5. The predicted octanol–water partition coefficient (Wildman–Crippen LogP) is 1.76. The smallest absolute Gasteiger partial charge is 0.0673 e. The van der Waals surface area contributed by atoms with E-state index in [2.05, 4.69) is 11.8 Å². The molecule has 0 bridgehead atoms. The zero-order valence-electron chi connectivity index (χ0n) is 10.6. The molecule has 3 heteroatoms. The van der Waals surface area contributed by atoms with E-state index in [9.17, 15) is 0 Å². The summed E-state index contributed by atoms with van der Waals surface area (Å²) in [6.07, 6.45) is 7.94. The third-order valence-corrected chi connectivity index (χ3v) is 3.92. The molecule has 1 saturated carbocycles. The molecule has 1 aliphatic carbocycles. The lowest BCUT2D eigenvalue weighted by atomic mass is 9.82. The molecule has 2 N–H and O–H groups in total. The highest BCUT2D eigenvalue weighted by Crippen LogP contribution is 2.27. The molecule has 1 heterocycles. The summed E-state index contributed by atoms with van der Waals surface area (Å²) in [5, 5.41) is 0. The number of hydrogen-bond acceptors (Lipinski definition) is 3. The van der Waals surface area contributed by atoms with E-state index in [0.717, 1.165) is 32.7 Å². The van der Waals surface area contributed by atoms with Crippen LogP contribution in [0.25, 0.3) is 0 Å². The van der Waals surface area contributed by atoms with Gasteiger partial charge >= 0.3 is 0 Å². The first-order valence-electron chi connectivity index (χ1n) is 6.81. The first kappa shape index (κ1) is 12.3. The van der Waals surface area contributed by atoms with E-state index >= 15 is 0 Å². The van der Waals surface area contributed by atoms with Crippen molar-refractivity contribution in [2.45, 2.75) is 57.1 Å². The van der Waals surface area contributed by atoms with Gasteiger partial charge in [0.05, 0.1) is 6.10 Å². The second-order valence-corrected chi connectivity index (χ2v) is 5.69. The topological polar surface area (TPSA) is 38.5 Å². The van der Waals surface area contributed by atoms with Crippen LogP contribution < -0.4 is 5.73 Å². The van der Waals surface area contributed by atoms with Crippen LogP contribution in [0, 0.1) is 0 Å². The summed E-state index contributed by atoms with van der Waals surface area (Å²) in [4.78, 5) is 2.52. The molecule has 0 aromatic heterocycles. The Morgan fingerprint density at radius 2 is 2.00 bits per heavy atom. The third kappa shape index (κ3) is 3.44. The molecule has 1 unspecified atom stereocenters. The van der Waals surface area contributed by atoms with Crippen LogP contribution in [0.15, 0.2) is 0 Å². The second-order valence-electron chi connectivity index (χ2n) is 5.69. The lowest BCUT2D eigenvalue weighted by molar-refractivity contribution is 0.0625. The molecule has 2 fully saturated rings. The van der Waals surface area contributed by atoms with Crippen molar-refractivity contribution >= 4 is 0 Å². The summed E-state index contributed by atoms with van der Waals surface area (Å²) in [7, 11) is 0. The van der Waals surface area contributed by atoms with Gasteiger partial charge < -0.3 is 10.5 Å². The van der Waals surface area contributed by atoms with E-state index in [-0.39, 0.29) is 5.54 Å². The zero-order chi connectivity index (χ0) is 11.4. The minimum absolute atomic E-state index is 0.0856. The van der Waals surface area contributed by atoms with Gasteiger partial charge in [0.15, 0.2) is 0 Å². The number of nitrogens with zero attached hydrogens (tertiary/aromatic N) is 1. The number of nitrogens with two attached hydrogens (primary N) is 1. The van der Waals surface area contributed by atoms with Crippen molar-refractivity contribution in [1.82, 2.24) is 4.90 Å². The Morgan fingerprint density at radius 3 is 2.75 bits per heavy atom. The molecule has 1 saturated heterocycles. The van der Waals surface area contributed by atoms with Gasteiger partial charge in [-0.25, -0.2) is 0 Å². The van der Waals surface area contributed by atoms with Crippen molar-refractivity contribution in [2.24, 2.45) is 5.73 Å². The standard InChI is InChI=1S/C13H26N2O/c1-12-10-15(8-5-9-16-12)11-13(14)6-3-2-4-7-13/h12H,2-11,14H2,1H3. The Morgan fingerprint density at radius 1 is 1.25 bits per heavy atom. The summed E-state index contributed by atoms with van der Waals surface area (Å²) in [6, 6.07) is 0. The van der Waals surface area contributed by atoms with Gasteiger partial charge in [-0.05, 0) is 26.2 Å². The summed E-state index contributed by atoms with van der Waals surface area (Å²) in [5.41, 5.74) is 6.59. The Hall–Kier alpha value is -0.120. The highest BCUT2D eigenvalue weighted by Gasteiger charge is 2.30. The molecule has 94 valence electrons. The zero-order valence-corrected chi connectivity index (χ0v) is 10.6. The number of ether oxygens (including phenoxy) is 1. The SMILES string of the molecule is CC1CN(CC2(N)CCCCC2)CCCO1. The lowest BCUT2D eigenvalue weighted by Crippen LogP contribution is -2.52. The van der Waals surface area contributed by atoms with E-state index in [4.69, 9.17) is 10.5 Å². The summed E-state index contributed by atoms with van der Waals surface area (Å²) in [5.74, 6) is 0. The molecule has 0 radical (unpaired) electrons. The molecule has 0 aromatic carbocycles. The molecule has 0 aromatic rings. The van der Waals surface area contributed by atoms with Crippen molar-refractivity contribution in [3.8, 4) is 0 Å². The van der Waals surface area contributed by atoms with E-state index < -0.39 is 0 Å². The van der Waals surface area contributed by atoms with E-state index in [1.165, 1.54) is 32.1 Å².